The first-order valence-electron chi connectivity index (χ1n) is 4.58. The summed E-state index contributed by atoms with van der Waals surface area (Å²) in [6, 6.07) is 5.17. The van der Waals surface area contributed by atoms with E-state index >= 15 is 0 Å². The molecule has 1 aliphatic rings. The molecule has 0 bridgehead atoms. The molecular formula is C11H10O4. The fourth-order valence-corrected chi connectivity index (χ4v) is 1.59. The quantitative estimate of drug-likeness (QED) is 0.534. The van der Waals surface area contributed by atoms with Gasteiger partial charge in [0.1, 0.15) is 5.75 Å². The van der Waals surface area contributed by atoms with Crippen molar-refractivity contribution in [3.63, 3.8) is 0 Å². The number of carbonyl (C=O) groups is 2. The van der Waals surface area contributed by atoms with E-state index in [4.69, 9.17) is 9.47 Å². The minimum Gasteiger partial charge on any atom is -0.497 e. The van der Waals surface area contributed by atoms with Crippen LogP contribution in [0.15, 0.2) is 18.2 Å². The smallest absolute Gasteiger partial charge is 0.339 e. The number of benzene rings is 1. The van der Waals surface area contributed by atoms with Gasteiger partial charge >= 0.3 is 5.97 Å². The normalized spacial score (nSPS) is 19.0. The first kappa shape index (κ1) is 9.71. The summed E-state index contributed by atoms with van der Waals surface area (Å²) in [7, 11) is 1.53. The lowest BCUT2D eigenvalue weighted by Crippen LogP contribution is -2.28. The van der Waals surface area contributed by atoms with Crippen LogP contribution in [-0.2, 0) is 16.0 Å². The van der Waals surface area contributed by atoms with E-state index in [1.54, 1.807) is 18.2 Å². The number of hydrogen-bond donors (Lipinski definition) is 0. The number of hydrogen-bond acceptors (Lipinski definition) is 4. The molecule has 0 fully saturated rings. The van der Waals surface area contributed by atoms with Crippen molar-refractivity contribution in [2.45, 2.75) is 12.5 Å². The van der Waals surface area contributed by atoms with Crippen LogP contribution in [0.3, 0.4) is 0 Å². The van der Waals surface area contributed by atoms with Gasteiger partial charge in [0, 0.05) is 6.42 Å². The predicted octanol–water partition coefficient (Wildman–Crippen LogP) is 0.976. The van der Waals surface area contributed by atoms with Crippen molar-refractivity contribution in [1.82, 2.24) is 0 Å². The van der Waals surface area contributed by atoms with Gasteiger partial charge in [0.25, 0.3) is 0 Å². The molecule has 1 aliphatic heterocycles. The number of esters is 1. The number of methoxy groups -OCH3 is 1. The van der Waals surface area contributed by atoms with Crippen molar-refractivity contribution in [3.05, 3.63) is 29.3 Å². The van der Waals surface area contributed by atoms with Crippen LogP contribution in [0.5, 0.6) is 5.75 Å². The average molecular weight is 206 g/mol. The van der Waals surface area contributed by atoms with Gasteiger partial charge in [0.05, 0.1) is 12.7 Å². The topological polar surface area (TPSA) is 52.6 Å². The molecule has 0 aromatic heterocycles. The van der Waals surface area contributed by atoms with Gasteiger partial charge in [0.2, 0.25) is 0 Å². The molecule has 78 valence electrons. The van der Waals surface area contributed by atoms with Crippen molar-refractivity contribution in [2.24, 2.45) is 0 Å². The van der Waals surface area contributed by atoms with Crippen LogP contribution in [-0.4, -0.2) is 25.5 Å². The number of ether oxygens (including phenoxy) is 2. The van der Waals surface area contributed by atoms with Gasteiger partial charge in [-0.1, -0.05) is 6.07 Å². The lowest BCUT2D eigenvalue weighted by atomic mass is 9.99. The van der Waals surface area contributed by atoms with E-state index in [-0.39, 0.29) is 0 Å². The maximum atomic E-state index is 11.5. The predicted molar refractivity (Wildman–Crippen MR) is 52.0 cm³/mol. The molecule has 1 heterocycles. The molecule has 15 heavy (non-hydrogen) atoms. The highest BCUT2D eigenvalue weighted by Gasteiger charge is 2.26. The van der Waals surface area contributed by atoms with Crippen LogP contribution in [0, 0.1) is 0 Å². The Morgan fingerprint density at radius 1 is 1.53 bits per heavy atom. The molecule has 0 spiro atoms. The maximum absolute atomic E-state index is 11.5. The molecular weight excluding hydrogens is 196 g/mol. The summed E-state index contributed by atoms with van der Waals surface area (Å²) in [5, 5.41) is 0. The molecule has 0 saturated heterocycles. The van der Waals surface area contributed by atoms with E-state index in [9.17, 15) is 9.59 Å². The van der Waals surface area contributed by atoms with E-state index in [2.05, 4.69) is 0 Å². The molecule has 0 saturated carbocycles. The molecule has 0 radical (unpaired) electrons. The number of cyclic esters (lactones) is 1. The van der Waals surface area contributed by atoms with Gasteiger partial charge in [-0.2, -0.15) is 0 Å². The molecule has 1 unspecified atom stereocenters. The second-order valence-corrected chi connectivity index (χ2v) is 3.31. The van der Waals surface area contributed by atoms with Crippen LogP contribution in [0.4, 0.5) is 0 Å². The fourth-order valence-electron chi connectivity index (χ4n) is 1.59. The zero-order valence-corrected chi connectivity index (χ0v) is 8.23. The Morgan fingerprint density at radius 2 is 2.33 bits per heavy atom. The van der Waals surface area contributed by atoms with Crippen LogP contribution < -0.4 is 4.74 Å². The Balaban J connectivity index is 2.40. The summed E-state index contributed by atoms with van der Waals surface area (Å²) in [6.45, 7) is 0. The molecule has 0 amide bonds. The lowest BCUT2D eigenvalue weighted by Gasteiger charge is -2.20. The molecule has 4 nitrogen and oxygen atoms in total. The van der Waals surface area contributed by atoms with Gasteiger partial charge in [-0.05, 0) is 17.7 Å². The second kappa shape index (κ2) is 3.73. The van der Waals surface area contributed by atoms with E-state index in [1.165, 1.54) is 7.11 Å². The first-order chi connectivity index (χ1) is 7.24. The van der Waals surface area contributed by atoms with Crippen LogP contribution in [0.1, 0.15) is 15.9 Å². The SMILES string of the molecule is COc1ccc2c(c1)C(=O)OC(C=O)C2. The molecule has 0 N–H and O–H groups in total. The number of rotatable bonds is 2. The lowest BCUT2D eigenvalue weighted by molar-refractivity contribution is -0.115. The summed E-state index contributed by atoms with van der Waals surface area (Å²) in [5.41, 5.74) is 1.30. The van der Waals surface area contributed by atoms with Gasteiger partial charge in [-0.25, -0.2) is 4.79 Å². The summed E-state index contributed by atoms with van der Waals surface area (Å²) >= 11 is 0. The number of aldehydes is 1. The Morgan fingerprint density at radius 3 is 3.00 bits per heavy atom. The Bertz CT molecular complexity index is 411. The Hall–Kier alpha value is -1.84. The summed E-state index contributed by atoms with van der Waals surface area (Å²) < 4.78 is 9.90. The molecule has 0 aliphatic carbocycles. The second-order valence-electron chi connectivity index (χ2n) is 3.31. The fraction of sp³-hybridized carbons (Fsp3) is 0.273. The highest BCUT2D eigenvalue weighted by molar-refractivity contribution is 5.94. The van der Waals surface area contributed by atoms with E-state index in [0.717, 1.165) is 5.56 Å². The third kappa shape index (κ3) is 1.70. The van der Waals surface area contributed by atoms with Gasteiger partial charge in [-0.3, -0.25) is 4.79 Å². The monoisotopic (exact) mass is 206 g/mol. The third-order valence-corrected chi connectivity index (χ3v) is 2.37. The van der Waals surface area contributed by atoms with Crippen molar-refractivity contribution in [1.29, 1.82) is 0 Å². The molecule has 2 rings (SSSR count). The van der Waals surface area contributed by atoms with E-state index in [1.807, 2.05) is 0 Å². The van der Waals surface area contributed by atoms with Gasteiger partial charge in [0.15, 0.2) is 12.4 Å². The first-order valence-corrected chi connectivity index (χ1v) is 4.58. The zero-order valence-electron chi connectivity index (χ0n) is 8.23. The number of carbonyl (C=O) groups excluding carboxylic acids is 2. The highest BCUT2D eigenvalue weighted by Crippen LogP contribution is 2.24. The molecule has 1 atom stereocenters. The molecule has 4 heteroatoms. The Labute approximate surface area is 86.8 Å². The minimum atomic E-state index is -0.654. The van der Waals surface area contributed by atoms with E-state index in [0.29, 0.717) is 24.0 Å². The van der Waals surface area contributed by atoms with Crippen molar-refractivity contribution in [2.75, 3.05) is 7.11 Å². The van der Waals surface area contributed by atoms with Crippen LogP contribution >= 0.6 is 0 Å². The van der Waals surface area contributed by atoms with Crippen molar-refractivity contribution in [3.8, 4) is 5.75 Å². The van der Waals surface area contributed by atoms with Gasteiger partial charge in [-0.15, -0.1) is 0 Å². The number of fused-ring (bicyclic) bond motifs is 1. The third-order valence-electron chi connectivity index (χ3n) is 2.37. The molecule has 1 aromatic rings. The van der Waals surface area contributed by atoms with Crippen LogP contribution in [0.25, 0.3) is 0 Å². The van der Waals surface area contributed by atoms with Crippen LogP contribution in [0.2, 0.25) is 0 Å². The minimum absolute atomic E-state index is 0.439. The highest BCUT2D eigenvalue weighted by atomic mass is 16.5. The molecule has 1 aromatic carbocycles. The summed E-state index contributed by atoms with van der Waals surface area (Å²) in [5.74, 6) is 0.141. The Kier molecular flexibility index (Phi) is 2.41. The summed E-state index contributed by atoms with van der Waals surface area (Å²) in [6.07, 6.45) is 0.429. The maximum Gasteiger partial charge on any atom is 0.339 e. The standard InChI is InChI=1S/C11H10O4/c1-14-8-3-2-7-4-9(6-12)15-11(13)10(7)5-8/h2-3,5-6,9H,4H2,1H3. The van der Waals surface area contributed by atoms with Crippen molar-refractivity contribution >= 4 is 12.3 Å². The largest absolute Gasteiger partial charge is 0.497 e. The van der Waals surface area contributed by atoms with E-state index < -0.39 is 12.1 Å². The summed E-state index contributed by atoms with van der Waals surface area (Å²) in [4.78, 5) is 22.0. The zero-order chi connectivity index (χ0) is 10.8. The van der Waals surface area contributed by atoms with Crippen molar-refractivity contribution < 1.29 is 19.1 Å². The average Bonchev–Trinajstić information content (AvgIpc) is 2.28. The van der Waals surface area contributed by atoms with Gasteiger partial charge < -0.3 is 9.47 Å².